The van der Waals surface area contributed by atoms with Crippen molar-refractivity contribution in [3.8, 4) is 22.3 Å². The van der Waals surface area contributed by atoms with Gasteiger partial charge in [-0.1, -0.05) is 158 Å². The molecule has 45 heavy (non-hydrogen) atoms. The van der Waals surface area contributed by atoms with Gasteiger partial charge in [0.15, 0.2) is 0 Å². The Kier molecular flexibility index (Phi) is 8.85. The number of hydrogen-bond acceptors (Lipinski definition) is 0. The van der Waals surface area contributed by atoms with Crippen molar-refractivity contribution in [2.75, 3.05) is 0 Å². The first-order valence-electron chi connectivity index (χ1n) is 15.7. The molecule has 0 nitrogen and oxygen atoms in total. The van der Waals surface area contributed by atoms with Crippen LogP contribution in [0.15, 0.2) is 182 Å². The van der Waals surface area contributed by atoms with Gasteiger partial charge in [0, 0.05) is 0 Å². The van der Waals surface area contributed by atoms with E-state index in [4.69, 9.17) is 6.58 Å². The van der Waals surface area contributed by atoms with Gasteiger partial charge < -0.3 is 0 Å². The van der Waals surface area contributed by atoms with E-state index in [1.54, 1.807) is 0 Å². The zero-order valence-electron chi connectivity index (χ0n) is 26.3. The Bertz CT molecular complexity index is 2100. The first kappa shape index (κ1) is 29.6. The molecule has 0 bridgehead atoms. The molecular weight excluding hydrogens is 540 g/mol. The lowest BCUT2D eigenvalue weighted by molar-refractivity contribution is 1.47. The van der Waals surface area contributed by atoms with Gasteiger partial charge in [0.2, 0.25) is 0 Å². The third-order valence-corrected chi connectivity index (χ3v) is 8.51. The minimum absolute atomic E-state index is 0.992. The molecule has 0 amide bonds. The van der Waals surface area contributed by atoms with Crippen LogP contribution in [0.25, 0.3) is 54.9 Å². The third-order valence-electron chi connectivity index (χ3n) is 8.51. The van der Waals surface area contributed by atoms with Crippen molar-refractivity contribution >= 4 is 32.7 Å². The van der Waals surface area contributed by atoms with Crippen LogP contribution >= 0.6 is 0 Å². The van der Waals surface area contributed by atoms with Gasteiger partial charge >= 0.3 is 0 Å². The predicted molar refractivity (Wildman–Crippen MR) is 198 cm³/mol. The van der Waals surface area contributed by atoms with E-state index < -0.39 is 0 Å². The standard InChI is InChI=1S/C45H38/c1-5-19-33(6-2)42(30-34(7-3)35-20-11-8-12-21-35)32(4)38-28-29-41-43(31-38)45(37-24-15-10-16-25-37)40-27-18-17-26-39(40)44(41)36-22-13-9-14-23-36/h5-31H,4H2,1-3H3/b19-5-,33-6+,34-7+,42-30+. The first-order valence-corrected chi connectivity index (χ1v) is 15.7. The van der Waals surface area contributed by atoms with Crippen molar-refractivity contribution in [3.63, 3.8) is 0 Å². The molecule has 0 aromatic heterocycles. The molecule has 0 unspecified atom stereocenters. The zero-order chi connectivity index (χ0) is 31.2. The molecule has 0 saturated heterocycles. The molecule has 0 aliphatic heterocycles. The largest absolute Gasteiger partial charge is 0.0905 e. The van der Waals surface area contributed by atoms with Crippen molar-refractivity contribution in [3.05, 3.63) is 193 Å². The van der Waals surface area contributed by atoms with Crippen molar-refractivity contribution in [1.29, 1.82) is 0 Å². The summed E-state index contributed by atoms with van der Waals surface area (Å²) in [5, 5.41) is 4.96. The van der Waals surface area contributed by atoms with E-state index in [0.29, 0.717) is 0 Å². The van der Waals surface area contributed by atoms with Gasteiger partial charge in [-0.05, 0) is 110 Å². The molecule has 0 heteroatoms. The Labute approximate surface area is 267 Å². The van der Waals surface area contributed by atoms with Gasteiger partial charge in [-0.15, -0.1) is 0 Å². The van der Waals surface area contributed by atoms with Gasteiger partial charge in [0.05, 0.1) is 0 Å². The maximum absolute atomic E-state index is 4.74. The molecule has 0 radical (unpaired) electrons. The molecule has 0 fully saturated rings. The van der Waals surface area contributed by atoms with E-state index in [-0.39, 0.29) is 0 Å². The van der Waals surface area contributed by atoms with Crippen LogP contribution in [0, 0.1) is 0 Å². The molecule has 0 aliphatic rings. The molecular formula is C45H38. The maximum Gasteiger partial charge on any atom is -0.00262 e. The van der Waals surface area contributed by atoms with Crippen molar-refractivity contribution < 1.29 is 0 Å². The number of allylic oxidation sites excluding steroid dienone is 9. The lowest BCUT2D eigenvalue weighted by Gasteiger charge is -2.20. The highest BCUT2D eigenvalue weighted by atomic mass is 14.2. The topological polar surface area (TPSA) is 0 Å². The van der Waals surface area contributed by atoms with Gasteiger partial charge in [-0.2, -0.15) is 0 Å². The Morgan fingerprint density at radius 2 is 1.02 bits per heavy atom. The minimum atomic E-state index is 0.992. The van der Waals surface area contributed by atoms with Crippen LogP contribution in [0.2, 0.25) is 0 Å². The second kappa shape index (κ2) is 13.5. The fourth-order valence-electron chi connectivity index (χ4n) is 6.34. The first-order chi connectivity index (χ1) is 22.1. The number of hydrogen-bond donors (Lipinski definition) is 0. The Morgan fingerprint density at radius 1 is 0.511 bits per heavy atom. The third kappa shape index (κ3) is 5.88. The molecule has 218 valence electrons. The summed E-state index contributed by atoms with van der Waals surface area (Å²) in [6.45, 7) is 11.0. The highest BCUT2D eigenvalue weighted by Gasteiger charge is 2.18. The van der Waals surface area contributed by atoms with E-state index in [0.717, 1.165) is 22.3 Å². The number of benzene rings is 6. The van der Waals surface area contributed by atoms with E-state index >= 15 is 0 Å². The average molecular weight is 579 g/mol. The molecule has 0 saturated carbocycles. The second-order valence-corrected chi connectivity index (χ2v) is 11.2. The molecule has 6 aromatic rings. The van der Waals surface area contributed by atoms with Crippen molar-refractivity contribution in [2.45, 2.75) is 20.8 Å². The van der Waals surface area contributed by atoms with Gasteiger partial charge in [-0.3, -0.25) is 0 Å². The van der Waals surface area contributed by atoms with Gasteiger partial charge in [0.1, 0.15) is 0 Å². The quantitative estimate of drug-likeness (QED) is 0.124. The van der Waals surface area contributed by atoms with E-state index in [1.807, 2.05) is 0 Å². The summed E-state index contributed by atoms with van der Waals surface area (Å²) in [4.78, 5) is 0. The normalized spacial score (nSPS) is 12.7. The molecule has 6 rings (SSSR count). The smallest absolute Gasteiger partial charge is 0.00262 e. The predicted octanol–water partition coefficient (Wildman–Crippen LogP) is 12.9. The highest BCUT2D eigenvalue weighted by Crippen LogP contribution is 2.45. The number of rotatable bonds is 8. The summed E-state index contributed by atoms with van der Waals surface area (Å²) in [6.07, 6.45) is 10.9. The highest BCUT2D eigenvalue weighted by molar-refractivity contribution is 6.21. The van der Waals surface area contributed by atoms with Crippen LogP contribution in [0.1, 0.15) is 31.9 Å². The van der Waals surface area contributed by atoms with Crippen LogP contribution in [0.3, 0.4) is 0 Å². The van der Waals surface area contributed by atoms with Crippen LogP contribution in [0.5, 0.6) is 0 Å². The lowest BCUT2D eigenvalue weighted by Crippen LogP contribution is -1.96. The second-order valence-electron chi connectivity index (χ2n) is 11.2. The SMILES string of the molecule is C=C(C(=C\C(=C/C)c1ccccc1)/C(/C=C\C)=C/C)c1ccc2c(-c3ccccc3)c3ccccc3c(-c3ccccc3)c2c1. The Balaban J connectivity index is 1.64. The van der Waals surface area contributed by atoms with Crippen LogP contribution in [-0.2, 0) is 0 Å². The minimum Gasteiger partial charge on any atom is -0.0905 e. The molecule has 0 heterocycles. The average Bonchev–Trinajstić information content (AvgIpc) is 3.11. The number of fused-ring (bicyclic) bond motifs is 2. The lowest BCUT2D eigenvalue weighted by atomic mass is 9.83. The summed E-state index contributed by atoms with van der Waals surface area (Å²) in [5.74, 6) is 0. The monoisotopic (exact) mass is 578 g/mol. The summed E-state index contributed by atoms with van der Waals surface area (Å²) in [6, 6.07) is 47.8. The van der Waals surface area contributed by atoms with Crippen LogP contribution < -0.4 is 0 Å². The molecule has 0 N–H and O–H groups in total. The Hall–Kier alpha value is -5.46. The van der Waals surface area contributed by atoms with E-state index in [9.17, 15) is 0 Å². The summed E-state index contributed by atoms with van der Waals surface area (Å²) >= 11 is 0. The molecule has 0 aliphatic carbocycles. The fraction of sp³-hybridized carbons (Fsp3) is 0.0667. The maximum atomic E-state index is 4.74. The van der Waals surface area contributed by atoms with Gasteiger partial charge in [0.25, 0.3) is 0 Å². The van der Waals surface area contributed by atoms with Crippen molar-refractivity contribution in [2.24, 2.45) is 0 Å². The summed E-state index contributed by atoms with van der Waals surface area (Å²) < 4.78 is 0. The van der Waals surface area contributed by atoms with Crippen LogP contribution in [0.4, 0.5) is 0 Å². The molecule has 6 aromatic carbocycles. The fourth-order valence-corrected chi connectivity index (χ4v) is 6.34. The summed E-state index contributed by atoms with van der Waals surface area (Å²) in [5.41, 5.74) is 11.6. The summed E-state index contributed by atoms with van der Waals surface area (Å²) in [7, 11) is 0. The van der Waals surface area contributed by atoms with Crippen molar-refractivity contribution in [1.82, 2.24) is 0 Å². The van der Waals surface area contributed by atoms with E-state index in [2.05, 4.69) is 185 Å². The molecule has 0 spiro atoms. The van der Waals surface area contributed by atoms with Crippen LogP contribution in [-0.4, -0.2) is 0 Å². The molecule has 0 atom stereocenters. The zero-order valence-corrected chi connectivity index (χ0v) is 26.3. The van der Waals surface area contributed by atoms with E-state index in [1.165, 1.54) is 54.9 Å². The Morgan fingerprint density at radius 3 is 1.56 bits per heavy atom. The van der Waals surface area contributed by atoms with Gasteiger partial charge in [-0.25, -0.2) is 0 Å².